The molecular formula is C24H25FN4O2S. The van der Waals surface area contributed by atoms with Crippen LogP contribution in [0.3, 0.4) is 0 Å². The van der Waals surface area contributed by atoms with Crippen molar-refractivity contribution in [3.63, 3.8) is 0 Å². The first-order valence-electron chi connectivity index (χ1n) is 10.9. The van der Waals surface area contributed by atoms with Crippen LogP contribution in [0.1, 0.15) is 39.3 Å². The number of thiophene rings is 1. The van der Waals surface area contributed by atoms with Crippen LogP contribution in [0.4, 0.5) is 10.3 Å². The van der Waals surface area contributed by atoms with E-state index in [1.165, 1.54) is 40.2 Å². The summed E-state index contributed by atoms with van der Waals surface area (Å²) in [5.41, 5.74) is 2.97. The maximum Gasteiger partial charge on any atom is 0.352 e. The van der Waals surface area contributed by atoms with E-state index in [1.54, 1.807) is 29.2 Å². The molecule has 3 heterocycles. The highest BCUT2D eigenvalue weighted by Crippen LogP contribution is 2.30. The Morgan fingerprint density at radius 1 is 1.25 bits per heavy atom. The molecule has 0 saturated heterocycles. The third kappa shape index (κ3) is 4.12. The molecule has 32 heavy (non-hydrogen) atoms. The number of rotatable bonds is 4. The number of β-amino-alcohol motifs (C(OH)–C–C–N with tert-alkyl or cyclic N) is 1. The molecule has 1 aliphatic heterocycles. The highest BCUT2D eigenvalue weighted by Gasteiger charge is 2.24. The number of aliphatic hydroxyl groups excluding tert-OH is 1. The number of aliphatic hydroxyl groups is 1. The fourth-order valence-electron chi connectivity index (χ4n) is 4.38. The van der Waals surface area contributed by atoms with Gasteiger partial charge in [-0.2, -0.15) is 4.98 Å². The molecule has 0 radical (unpaired) electrons. The molecule has 6 nitrogen and oxygen atoms in total. The van der Waals surface area contributed by atoms with Crippen LogP contribution in [0.25, 0.3) is 5.57 Å². The van der Waals surface area contributed by atoms with E-state index in [0.717, 1.165) is 17.7 Å². The Bertz CT molecular complexity index is 1230. The summed E-state index contributed by atoms with van der Waals surface area (Å²) < 4.78 is 15.5. The normalized spacial score (nSPS) is 18.4. The maximum atomic E-state index is 13.9. The number of nitrogens with zero attached hydrogens (tertiary/aromatic N) is 4. The third-order valence-electron chi connectivity index (χ3n) is 6.20. The minimum atomic E-state index is -0.825. The third-order valence-corrected chi connectivity index (χ3v) is 7.42. The smallest absolute Gasteiger partial charge is 0.352 e. The zero-order valence-electron chi connectivity index (χ0n) is 17.9. The second-order valence-electron chi connectivity index (χ2n) is 8.48. The first-order valence-corrected chi connectivity index (χ1v) is 11.7. The Morgan fingerprint density at radius 3 is 2.84 bits per heavy atom. The zero-order valence-corrected chi connectivity index (χ0v) is 18.7. The van der Waals surface area contributed by atoms with Gasteiger partial charge in [-0.15, -0.1) is 11.3 Å². The highest BCUT2D eigenvalue weighted by molar-refractivity contribution is 7.12. The van der Waals surface area contributed by atoms with Gasteiger partial charge in [-0.05, 0) is 67.0 Å². The van der Waals surface area contributed by atoms with Crippen LogP contribution in [0.2, 0.25) is 0 Å². The number of halogens is 1. The van der Waals surface area contributed by atoms with Crippen LogP contribution in [-0.2, 0) is 19.4 Å². The Morgan fingerprint density at radius 2 is 2.09 bits per heavy atom. The Labute approximate surface area is 189 Å². The predicted molar refractivity (Wildman–Crippen MR) is 124 cm³/mol. The maximum absolute atomic E-state index is 13.9. The lowest BCUT2D eigenvalue weighted by Crippen LogP contribution is -2.40. The molecule has 166 valence electrons. The standard InChI is InChI=1S/C24H25FN4O2S/c1-15-6-7-16(11-20(15)25)19-8-9-28(13-21(19)30)23-26-14-29(24(31)27-23)12-18-10-17-4-2-3-5-22(17)32-18/h6-8,10-11,14,21,30H,2-5,9,12-13H2,1H3/t21-/m0/s1. The summed E-state index contributed by atoms with van der Waals surface area (Å²) in [4.78, 5) is 25.5. The van der Waals surface area contributed by atoms with Crippen LogP contribution < -0.4 is 10.6 Å². The molecule has 0 bridgehead atoms. The molecule has 2 aliphatic rings. The fraction of sp³-hybridized carbons (Fsp3) is 0.375. The number of hydrogen-bond donors (Lipinski definition) is 1. The average Bonchev–Trinajstić information content (AvgIpc) is 3.19. The summed E-state index contributed by atoms with van der Waals surface area (Å²) in [6.07, 6.45) is 7.27. The van der Waals surface area contributed by atoms with Crippen LogP contribution in [0.5, 0.6) is 0 Å². The van der Waals surface area contributed by atoms with Gasteiger partial charge in [0, 0.05) is 16.3 Å². The number of aromatic nitrogens is 3. The molecule has 3 aromatic rings. The molecule has 0 fully saturated rings. The lowest BCUT2D eigenvalue weighted by atomic mass is 9.96. The van der Waals surface area contributed by atoms with Gasteiger partial charge in [0.25, 0.3) is 0 Å². The first kappa shape index (κ1) is 21.0. The second-order valence-corrected chi connectivity index (χ2v) is 9.70. The van der Waals surface area contributed by atoms with Gasteiger partial charge < -0.3 is 10.0 Å². The molecule has 1 atom stereocenters. The van der Waals surface area contributed by atoms with Crippen molar-refractivity contribution in [3.05, 3.63) is 79.4 Å². The van der Waals surface area contributed by atoms with Crippen molar-refractivity contribution < 1.29 is 9.50 Å². The lowest BCUT2D eigenvalue weighted by molar-refractivity contribution is 0.233. The second kappa shape index (κ2) is 8.60. The number of fused-ring (bicyclic) bond motifs is 1. The number of anilines is 1. The molecule has 0 spiro atoms. The van der Waals surface area contributed by atoms with Crippen molar-refractivity contribution in [3.8, 4) is 0 Å². The van der Waals surface area contributed by atoms with Crippen molar-refractivity contribution in [2.45, 2.75) is 45.3 Å². The predicted octanol–water partition coefficient (Wildman–Crippen LogP) is 3.34. The summed E-state index contributed by atoms with van der Waals surface area (Å²) in [7, 11) is 0. The molecule has 8 heteroatoms. The van der Waals surface area contributed by atoms with Gasteiger partial charge in [-0.1, -0.05) is 18.2 Å². The van der Waals surface area contributed by atoms with Crippen molar-refractivity contribution >= 4 is 22.9 Å². The molecule has 0 unspecified atom stereocenters. The number of hydrogen-bond acceptors (Lipinski definition) is 6. The molecule has 0 amide bonds. The van der Waals surface area contributed by atoms with Gasteiger partial charge in [0.15, 0.2) is 0 Å². The van der Waals surface area contributed by atoms with Gasteiger partial charge in [0.2, 0.25) is 5.95 Å². The van der Waals surface area contributed by atoms with E-state index < -0.39 is 6.10 Å². The van der Waals surface area contributed by atoms with Crippen LogP contribution in [-0.4, -0.2) is 38.8 Å². The monoisotopic (exact) mass is 452 g/mol. The molecule has 1 N–H and O–H groups in total. The zero-order chi connectivity index (χ0) is 22.2. The SMILES string of the molecule is Cc1ccc(C2=CCN(c3ncn(Cc4cc5c(s4)CCCC5)c(=O)n3)C[C@@H]2O)cc1F. The van der Waals surface area contributed by atoms with Gasteiger partial charge in [-0.3, -0.25) is 4.57 Å². The summed E-state index contributed by atoms with van der Waals surface area (Å²) >= 11 is 1.78. The van der Waals surface area contributed by atoms with E-state index in [2.05, 4.69) is 16.0 Å². The number of benzene rings is 1. The summed E-state index contributed by atoms with van der Waals surface area (Å²) in [5, 5.41) is 10.6. The minimum absolute atomic E-state index is 0.239. The molecule has 0 saturated carbocycles. The quantitative estimate of drug-likeness (QED) is 0.658. The topological polar surface area (TPSA) is 71.2 Å². The van der Waals surface area contributed by atoms with E-state index in [-0.39, 0.29) is 18.1 Å². The van der Waals surface area contributed by atoms with E-state index >= 15 is 0 Å². The highest BCUT2D eigenvalue weighted by atomic mass is 32.1. The molecule has 1 aromatic carbocycles. The van der Waals surface area contributed by atoms with Crippen molar-refractivity contribution in [2.75, 3.05) is 18.0 Å². The largest absolute Gasteiger partial charge is 0.387 e. The Kier molecular flexibility index (Phi) is 5.65. The molecular weight excluding hydrogens is 427 g/mol. The van der Waals surface area contributed by atoms with E-state index in [0.29, 0.717) is 35.7 Å². The Balaban J connectivity index is 1.32. The first-order chi connectivity index (χ1) is 15.5. The number of aryl methyl sites for hydroxylation is 3. The van der Waals surface area contributed by atoms with E-state index in [4.69, 9.17) is 0 Å². The van der Waals surface area contributed by atoms with E-state index in [1.807, 2.05) is 12.1 Å². The molecule has 2 aromatic heterocycles. The molecule has 1 aliphatic carbocycles. The van der Waals surface area contributed by atoms with Crippen LogP contribution in [0, 0.1) is 12.7 Å². The Hall–Kier alpha value is -2.84. The van der Waals surface area contributed by atoms with Crippen LogP contribution >= 0.6 is 11.3 Å². The summed E-state index contributed by atoms with van der Waals surface area (Å²) in [5.74, 6) is -0.00211. The minimum Gasteiger partial charge on any atom is -0.387 e. The van der Waals surface area contributed by atoms with Gasteiger partial charge >= 0.3 is 5.69 Å². The van der Waals surface area contributed by atoms with E-state index in [9.17, 15) is 14.3 Å². The molecule has 5 rings (SSSR count). The average molecular weight is 453 g/mol. The van der Waals surface area contributed by atoms with Crippen molar-refractivity contribution in [1.82, 2.24) is 14.5 Å². The van der Waals surface area contributed by atoms with Gasteiger partial charge in [0.1, 0.15) is 12.1 Å². The summed E-state index contributed by atoms with van der Waals surface area (Å²) in [6.45, 7) is 2.85. The van der Waals surface area contributed by atoms with Gasteiger partial charge in [0.05, 0.1) is 19.2 Å². The van der Waals surface area contributed by atoms with Crippen molar-refractivity contribution in [1.29, 1.82) is 0 Å². The summed E-state index contributed by atoms with van der Waals surface area (Å²) in [6, 6.07) is 7.17. The van der Waals surface area contributed by atoms with Crippen LogP contribution in [0.15, 0.2) is 41.5 Å². The fourth-order valence-corrected chi connectivity index (χ4v) is 5.64. The van der Waals surface area contributed by atoms with Crippen molar-refractivity contribution in [2.24, 2.45) is 0 Å². The lowest BCUT2D eigenvalue weighted by Gasteiger charge is -2.30. The van der Waals surface area contributed by atoms with Gasteiger partial charge in [-0.25, -0.2) is 14.2 Å².